The van der Waals surface area contributed by atoms with Crippen molar-refractivity contribution in [1.29, 1.82) is 0 Å². The lowest BCUT2D eigenvalue weighted by atomic mass is 9.96. The molecule has 1 aromatic heterocycles. The van der Waals surface area contributed by atoms with Gasteiger partial charge in [0, 0.05) is 5.75 Å². The number of aryl methyl sites for hydroxylation is 1. The number of carbonyl (C=O) groups is 1. The third-order valence-corrected chi connectivity index (χ3v) is 8.87. The summed E-state index contributed by atoms with van der Waals surface area (Å²) in [5.41, 5.74) is 3.74. The summed E-state index contributed by atoms with van der Waals surface area (Å²) in [6, 6.07) is -0.205. The molecule has 1 unspecified atom stereocenters. The van der Waals surface area contributed by atoms with E-state index in [0.29, 0.717) is 0 Å². The molecule has 0 aromatic carbocycles. The molecule has 0 spiro atoms. The van der Waals surface area contributed by atoms with Crippen molar-refractivity contribution in [2.45, 2.75) is 104 Å². The predicted molar refractivity (Wildman–Crippen MR) is 157 cm³/mol. The molecule has 1 aromatic rings. The van der Waals surface area contributed by atoms with Crippen LogP contribution in [0.1, 0.15) is 101 Å². The lowest BCUT2D eigenvalue weighted by molar-refractivity contribution is -0.117. The topological polar surface area (TPSA) is 51.5 Å². The summed E-state index contributed by atoms with van der Waals surface area (Å²) in [6.45, 7) is 12.3. The van der Waals surface area contributed by atoms with Crippen LogP contribution in [0.25, 0.3) is 6.08 Å². The van der Waals surface area contributed by atoms with Crippen LogP contribution in [0, 0.1) is 0 Å². The number of aromatic nitrogens is 1. The molecule has 0 N–H and O–H groups in total. The fourth-order valence-electron chi connectivity index (χ4n) is 4.31. The highest BCUT2D eigenvalue weighted by atomic mass is 32.2. The summed E-state index contributed by atoms with van der Waals surface area (Å²) >= 11 is 3.36. The molecule has 0 bridgehead atoms. The van der Waals surface area contributed by atoms with Gasteiger partial charge in [-0.05, 0) is 77.5 Å². The molecule has 2 atom stereocenters. The van der Waals surface area contributed by atoms with Crippen molar-refractivity contribution in [1.82, 2.24) is 4.98 Å². The Morgan fingerprint density at radius 3 is 2.78 bits per heavy atom. The number of ketones is 1. The van der Waals surface area contributed by atoms with Crippen LogP contribution >= 0.6 is 23.1 Å². The van der Waals surface area contributed by atoms with Gasteiger partial charge in [-0.15, -0.1) is 23.1 Å². The summed E-state index contributed by atoms with van der Waals surface area (Å²) in [5, 5.41) is 1.89. The third kappa shape index (κ3) is 8.88. The van der Waals surface area contributed by atoms with Crippen LogP contribution in [-0.4, -0.2) is 33.7 Å². The zero-order valence-electron chi connectivity index (χ0n) is 22.5. The molecule has 2 aliphatic rings. The first kappa shape index (κ1) is 28.6. The van der Waals surface area contributed by atoms with E-state index in [9.17, 15) is 4.79 Å². The first-order valence-corrected chi connectivity index (χ1v) is 15.3. The lowest BCUT2D eigenvalue weighted by Crippen LogP contribution is -2.14. The predicted octanol–water partition coefficient (Wildman–Crippen LogP) is 8.49. The zero-order valence-corrected chi connectivity index (χ0v) is 24.1. The molecular weight excluding hydrogens is 484 g/mol. The Hall–Kier alpha value is -1.92. The quantitative estimate of drug-likeness (QED) is 0.131. The molecular formula is C30H42N2O2S2. The molecule has 1 aliphatic heterocycles. The monoisotopic (exact) mass is 526 g/mol. The van der Waals surface area contributed by atoms with Crippen LogP contribution in [0.4, 0.5) is 0 Å². The van der Waals surface area contributed by atoms with Crippen LogP contribution in [0.15, 0.2) is 46.7 Å². The highest BCUT2D eigenvalue weighted by molar-refractivity contribution is 8.15. The van der Waals surface area contributed by atoms with Gasteiger partial charge in [0.15, 0.2) is 5.78 Å². The molecule has 0 fully saturated rings. The molecule has 0 saturated carbocycles. The number of aliphatic imine (C=N–C) groups is 1. The van der Waals surface area contributed by atoms with Gasteiger partial charge in [-0.3, -0.25) is 9.79 Å². The van der Waals surface area contributed by atoms with Crippen molar-refractivity contribution in [2.75, 3.05) is 5.75 Å². The normalized spacial score (nSPS) is 18.7. The standard InChI is InChI=1S/C30H42N2O2S2/c1-6-8-9-10-11-12-22(4)34-25(7-2)17-14-21(3)13-15-24-16-18-26-28(19-24)36-30(31-26)29-32-27(20-35-29)23(5)33/h7,14,17,19,22,27H,3,6,8-13,15-16,18,20H2,1-2,4-5H3/b17-14-,25-7+/t22?,27-/m1/s1. The Kier molecular flexibility index (Phi) is 11.7. The molecule has 3 rings (SSSR count). The van der Waals surface area contributed by atoms with E-state index in [4.69, 9.17) is 9.72 Å². The second kappa shape index (κ2) is 14.7. The van der Waals surface area contributed by atoms with E-state index in [-0.39, 0.29) is 17.9 Å². The number of carbonyl (C=O) groups excluding carboxylic acids is 1. The first-order valence-electron chi connectivity index (χ1n) is 13.5. The minimum atomic E-state index is -0.205. The van der Waals surface area contributed by atoms with Crippen LogP contribution in [0.2, 0.25) is 0 Å². The van der Waals surface area contributed by atoms with Crippen molar-refractivity contribution in [3.05, 3.63) is 57.3 Å². The van der Waals surface area contributed by atoms with Crippen LogP contribution in [0.3, 0.4) is 0 Å². The van der Waals surface area contributed by atoms with E-state index in [1.165, 1.54) is 48.2 Å². The Morgan fingerprint density at radius 1 is 1.25 bits per heavy atom. The fourth-order valence-corrected chi connectivity index (χ4v) is 6.61. The molecule has 4 nitrogen and oxygen atoms in total. The van der Waals surface area contributed by atoms with Gasteiger partial charge < -0.3 is 4.74 Å². The lowest BCUT2D eigenvalue weighted by Gasteiger charge is -2.15. The maximum absolute atomic E-state index is 11.6. The number of hydrogen-bond acceptors (Lipinski definition) is 6. The smallest absolute Gasteiger partial charge is 0.155 e. The van der Waals surface area contributed by atoms with E-state index in [1.54, 1.807) is 30.0 Å². The third-order valence-electron chi connectivity index (χ3n) is 6.64. The molecule has 0 saturated heterocycles. The highest BCUT2D eigenvalue weighted by Gasteiger charge is 2.26. The highest BCUT2D eigenvalue weighted by Crippen LogP contribution is 2.34. The molecule has 2 heterocycles. The maximum Gasteiger partial charge on any atom is 0.155 e. The van der Waals surface area contributed by atoms with E-state index in [2.05, 4.69) is 43.6 Å². The summed E-state index contributed by atoms with van der Waals surface area (Å²) in [6.07, 6.45) is 20.3. The van der Waals surface area contributed by atoms with Gasteiger partial charge in [0.2, 0.25) is 0 Å². The van der Waals surface area contributed by atoms with Gasteiger partial charge >= 0.3 is 0 Å². The van der Waals surface area contributed by atoms with E-state index in [1.807, 2.05) is 13.0 Å². The van der Waals surface area contributed by atoms with E-state index < -0.39 is 0 Å². The van der Waals surface area contributed by atoms with E-state index in [0.717, 1.165) is 59.2 Å². The molecule has 0 amide bonds. The average Bonchev–Trinajstić information content (AvgIpc) is 3.52. The number of hydrogen-bond donors (Lipinski definition) is 0. The van der Waals surface area contributed by atoms with Gasteiger partial charge in [0.05, 0.1) is 16.7 Å². The zero-order chi connectivity index (χ0) is 25.9. The van der Waals surface area contributed by atoms with Crippen molar-refractivity contribution in [3.63, 3.8) is 0 Å². The molecule has 6 heteroatoms. The first-order chi connectivity index (χ1) is 17.4. The molecule has 36 heavy (non-hydrogen) atoms. The van der Waals surface area contributed by atoms with Crippen molar-refractivity contribution >= 4 is 40.0 Å². The Morgan fingerprint density at radius 2 is 2.06 bits per heavy atom. The molecule has 196 valence electrons. The van der Waals surface area contributed by atoms with E-state index >= 15 is 0 Å². The van der Waals surface area contributed by atoms with Gasteiger partial charge in [-0.1, -0.05) is 56.4 Å². The average molecular weight is 527 g/mol. The van der Waals surface area contributed by atoms with Crippen LogP contribution in [0.5, 0.6) is 0 Å². The summed E-state index contributed by atoms with van der Waals surface area (Å²) in [7, 11) is 0. The Balaban J connectivity index is 1.46. The van der Waals surface area contributed by atoms with Crippen LogP contribution in [-0.2, 0) is 16.0 Å². The van der Waals surface area contributed by atoms with Crippen LogP contribution < -0.4 is 0 Å². The number of thiazole rings is 1. The van der Waals surface area contributed by atoms with Gasteiger partial charge in [0.1, 0.15) is 21.9 Å². The fraction of sp³-hybridized carbons (Fsp3) is 0.567. The summed E-state index contributed by atoms with van der Waals surface area (Å²) < 4.78 is 6.14. The van der Waals surface area contributed by atoms with Gasteiger partial charge in [-0.25, -0.2) is 4.98 Å². The molecule has 1 aliphatic carbocycles. The Bertz CT molecular complexity index is 1030. The Labute approximate surface area is 226 Å². The van der Waals surface area contributed by atoms with Crippen molar-refractivity contribution < 1.29 is 9.53 Å². The SMILES string of the molecule is C=C(/C=C\C(=C/C)OC(C)CCCCCCC)CCC1=Cc2sc(C3=N[C@@H](C(C)=O)CS3)nc2CC1. The summed E-state index contributed by atoms with van der Waals surface area (Å²) in [5.74, 6) is 1.80. The number of thioether (sulfide) groups is 1. The minimum Gasteiger partial charge on any atom is -0.491 e. The summed E-state index contributed by atoms with van der Waals surface area (Å²) in [4.78, 5) is 22.3. The maximum atomic E-state index is 11.6. The number of nitrogens with zero attached hydrogens (tertiary/aromatic N) is 2. The number of unbranched alkanes of at least 4 members (excludes halogenated alkanes) is 4. The number of Topliss-reactive ketones (excluding diaryl/α,β-unsaturated/α-hetero) is 1. The number of allylic oxidation sites excluding steroid dienone is 5. The number of ether oxygens (including phenoxy) is 1. The molecule has 0 radical (unpaired) electrons. The number of rotatable bonds is 15. The largest absolute Gasteiger partial charge is 0.491 e. The second-order valence-electron chi connectivity index (χ2n) is 9.82. The second-order valence-corrected chi connectivity index (χ2v) is 11.9. The number of fused-ring (bicyclic) bond motifs is 1. The van der Waals surface area contributed by atoms with Crippen molar-refractivity contribution in [3.8, 4) is 0 Å². The van der Waals surface area contributed by atoms with Crippen molar-refractivity contribution in [2.24, 2.45) is 4.99 Å². The van der Waals surface area contributed by atoms with Gasteiger partial charge in [0.25, 0.3) is 0 Å². The minimum absolute atomic E-state index is 0.135. The van der Waals surface area contributed by atoms with Gasteiger partial charge in [-0.2, -0.15) is 0 Å².